The van der Waals surface area contributed by atoms with Gasteiger partial charge in [0.2, 0.25) is 5.43 Å². The maximum atomic E-state index is 13.1. The van der Waals surface area contributed by atoms with E-state index in [1.54, 1.807) is 0 Å². The third kappa shape index (κ3) is 4.04. The molecule has 3 aliphatic heterocycles. The first-order valence-corrected chi connectivity index (χ1v) is 12.0. The Kier molecular flexibility index (Phi) is 6.15. The zero-order chi connectivity index (χ0) is 23.0. The number of hydrogen-bond acceptors (Lipinski definition) is 7. The first-order valence-electron chi connectivity index (χ1n) is 12.0. The summed E-state index contributed by atoms with van der Waals surface area (Å²) in [4.78, 5) is 42.8. The van der Waals surface area contributed by atoms with E-state index in [0.29, 0.717) is 39.3 Å². The minimum atomic E-state index is -0.812. The molecule has 1 atom stereocenters. The van der Waals surface area contributed by atoms with E-state index in [9.17, 15) is 19.5 Å². The average molecular weight is 461 g/mol. The number of amides is 2. The Labute approximate surface area is 192 Å². The number of carbonyl (C=O) groups is 2. The predicted molar refractivity (Wildman–Crippen MR) is 118 cm³/mol. The number of nitrogens with zero attached hydrogens (tertiary/aromatic N) is 3. The molecule has 10 heteroatoms. The minimum absolute atomic E-state index is 0.0737. The lowest BCUT2D eigenvalue weighted by Crippen LogP contribution is -2.59. The second-order valence-electron chi connectivity index (χ2n) is 9.47. The maximum absolute atomic E-state index is 13.1. The molecule has 2 N–H and O–H groups in total. The number of nitrogens with one attached hydrogen (secondary N) is 1. The normalized spacial score (nSPS) is 25.3. The van der Waals surface area contributed by atoms with Crippen molar-refractivity contribution in [3.63, 3.8) is 0 Å². The van der Waals surface area contributed by atoms with Gasteiger partial charge in [0, 0.05) is 37.9 Å². The van der Waals surface area contributed by atoms with Gasteiger partial charge in [0.15, 0.2) is 17.7 Å². The molecule has 1 saturated carbocycles. The monoisotopic (exact) mass is 460 g/mol. The molecule has 1 aromatic rings. The van der Waals surface area contributed by atoms with Crippen LogP contribution in [-0.2, 0) is 16.0 Å². The summed E-state index contributed by atoms with van der Waals surface area (Å²) in [6, 6.07) is 0. The highest BCUT2D eigenvalue weighted by atomic mass is 16.5. The van der Waals surface area contributed by atoms with Crippen molar-refractivity contribution in [3.8, 4) is 5.75 Å². The number of aromatic hydroxyl groups is 1. The summed E-state index contributed by atoms with van der Waals surface area (Å²) in [5.41, 5.74) is -1.18. The highest BCUT2D eigenvalue weighted by molar-refractivity contribution is 5.99. The van der Waals surface area contributed by atoms with Gasteiger partial charge in [0.1, 0.15) is 5.56 Å². The first kappa shape index (κ1) is 22.4. The van der Waals surface area contributed by atoms with Crippen LogP contribution in [-0.4, -0.2) is 89.1 Å². The van der Waals surface area contributed by atoms with Crippen molar-refractivity contribution in [2.24, 2.45) is 0 Å². The summed E-state index contributed by atoms with van der Waals surface area (Å²) in [6.07, 6.45) is 7.03. The molecule has 5 rings (SSSR count). The van der Waals surface area contributed by atoms with Crippen LogP contribution in [0.3, 0.4) is 0 Å². The summed E-state index contributed by atoms with van der Waals surface area (Å²) < 4.78 is 12.7. The van der Waals surface area contributed by atoms with Gasteiger partial charge in [-0.3, -0.25) is 19.3 Å². The summed E-state index contributed by atoms with van der Waals surface area (Å²) >= 11 is 0. The van der Waals surface area contributed by atoms with Crippen molar-refractivity contribution >= 4 is 11.8 Å². The fraction of sp³-hybridized carbons (Fsp3) is 0.696. The molecule has 4 aliphatic rings. The van der Waals surface area contributed by atoms with Crippen LogP contribution in [0.4, 0.5) is 0 Å². The molecular weight excluding hydrogens is 428 g/mol. The SMILES string of the molecule is O=C(NCC1(N2CCOCC2)CCCCC1)c1cn2c(c(O)c1=O)C(=O)N1CCCOC1C2. The topological polar surface area (TPSA) is 113 Å². The van der Waals surface area contributed by atoms with Crippen molar-refractivity contribution in [1.29, 1.82) is 0 Å². The van der Waals surface area contributed by atoms with Crippen LogP contribution in [0.5, 0.6) is 5.75 Å². The Morgan fingerprint density at radius 2 is 1.85 bits per heavy atom. The lowest BCUT2D eigenvalue weighted by atomic mass is 9.79. The van der Waals surface area contributed by atoms with Crippen molar-refractivity contribution < 1.29 is 24.2 Å². The number of carbonyl (C=O) groups excluding carboxylic acids is 2. The van der Waals surface area contributed by atoms with E-state index in [1.165, 1.54) is 22.1 Å². The van der Waals surface area contributed by atoms with Gasteiger partial charge in [-0.15, -0.1) is 0 Å². The molecule has 180 valence electrons. The van der Waals surface area contributed by atoms with Crippen LogP contribution in [0.2, 0.25) is 0 Å². The van der Waals surface area contributed by atoms with Crippen LogP contribution in [0, 0.1) is 0 Å². The molecule has 0 bridgehead atoms. The van der Waals surface area contributed by atoms with Crippen molar-refractivity contribution in [2.75, 3.05) is 46.0 Å². The molecule has 33 heavy (non-hydrogen) atoms. The van der Waals surface area contributed by atoms with E-state index in [-0.39, 0.29) is 23.3 Å². The van der Waals surface area contributed by atoms with Crippen LogP contribution in [0.1, 0.15) is 59.4 Å². The van der Waals surface area contributed by atoms with Gasteiger partial charge in [-0.05, 0) is 19.3 Å². The van der Waals surface area contributed by atoms with Crippen molar-refractivity contribution in [3.05, 3.63) is 27.7 Å². The van der Waals surface area contributed by atoms with Crippen LogP contribution in [0.15, 0.2) is 11.0 Å². The summed E-state index contributed by atoms with van der Waals surface area (Å²) in [5.74, 6) is -1.64. The van der Waals surface area contributed by atoms with Crippen LogP contribution in [0.25, 0.3) is 0 Å². The third-order valence-electron chi connectivity index (χ3n) is 7.56. The molecule has 10 nitrogen and oxygen atoms in total. The zero-order valence-corrected chi connectivity index (χ0v) is 18.9. The lowest BCUT2D eigenvalue weighted by molar-refractivity contribution is -0.0920. The summed E-state index contributed by atoms with van der Waals surface area (Å²) in [5, 5.41) is 13.6. The molecule has 1 aliphatic carbocycles. The molecule has 1 unspecified atom stereocenters. The van der Waals surface area contributed by atoms with E-state index in [0.717, 1.165) is 38.8 Å². The molecule has 0 spiro atoms. The number of ether oxygens (including phenoxy) is 2. The van der Waals surface area contributed by atoms with Gasteiger partial charge in [0.25, 0.3) is 11.8 Å². The van der Waals surface area contributed by atoms with Crippen molar-refractivity contribution in [1.82, 2.24) is 19.7 Å². The van der Waals surface area contributed by atoms with Gasteiger partial charge in [-0.1, -0.05) is 19.3 Å². The highest BCUT2D eigenvalue weighted by Gasteiger charge is 2.40. The number of fused-ring (bicyclic) bond motifs is 2. The molecule has 2 amide bonds. The van der Waals surface area contributed by atoms with Gasteiger partial charge in [-0.2, -0.15) is 0 Å². The fourth-order valence-corrected chi connectivity index (χ4v) is 5.75. The lowest BCUT2D eigenvalue weighted by Gasteiger charge is -2.48. The molecule has 4 heterocycles. The van der Waals surface area contributed by atoms with E-state index in [1.807, 2.05) is 0 Å². The quantitative estimate of drug-likeness (QED) is 0.674. The van der Waals surface area contributed by atoms with Gasteiger partial charge < -0.3 is 29.4 Å². The maximum Gasteiger partial charge on any atom is 0.276 e. The number of aromatic nitrogens is 1. The molecule has 1 aromatic heterocycles. The fourth-order valence-electron chi connectivity index (χ4n) is 5.75. The molecule has 3 fully saturated rings. The number of rotatable bonds is 4. The standard InChI is InChI=1S/C23H32N4O6/c28-19-16(13-25-14-17-27(7-4-10-33-17)22(31)18(25)20(19)29)21(30)24-15-23(5-2-1-3-6-23)26-8-11-32-12-9-26/h13,17,29H,1-12,14-15H2,(H,24,30). The Balaban J connectivity index is 1.38. The predicted octanol–water partition coefficient (Wildman–Crippen LogP) is 0.521. The first-order chi connectivity index (χ1) is 16.0. The van der Waals surface area contributed by atoms with Crippen LogP contribution >= 0.6 is 0 Å². The van der Waals surface area contributed by atoms with Crippen LogP contribution < -0.4 is 10.7 Å². The Morgan fingerprint density at radius 3 is 2.61 bits per heavy atom. The van der Waals surface area contributed by atoms with Gasteiger partial charge in [0.05, 0.1) is 26.4 Å². The Morgan fingerprint density at radius 1 is 1.09 bits per heavy atom. The smallest absolute Gasteiger partial charge is 0.276 e. The molecule has 2 saturated heterocycles. The Bertz CT molecular complexity index is 980. The third-order valence-corrected chi connectivity index (χ3v) is 7.56. The molecule has 0 aromatic carbocycles. The molecular formula is C23H32N4O6. The van der Waals surface area contributed by atoms with E-state index < -0.39 is 29.2 Å². The average Bonchev–Trinajstić information content (AvgIpc) is 2.86. The highest BCUT2D eigenvalue weighted by Crippen LogP contribution is 2.34. The van der Waals surface area contributed by atoms with Gasteiger partial charge >= 0.3 is 0 Å². The number of morpholine rings is 1. The van der Waals surface area contributed by atoms with E-state index >= 15 is 0 Å². The summed E-state index contributed by atoms with van der Waals surface area (Å²) in [7, 11) is 0. The number of pyridine rings is 1. The minimum Gasteiger partial charge on any atom is -0.503 e. The summed E-state index contributed by atoms with van der Waals surface area (Å²) in [6.45, 7) is 4.80. The van der Waals surface area contributed by atoms with Crippen molar-refractivity contribution in [2.45, 2.75) is 56.8 Å². The van der Waals surface area contributed by atoms with Gasteiger partial charge in [-0.25, -0.2) is 0 Å². The molecule has 0 radical (unpaired) electrons. The van der Waals surface area contributed by atoms with E-state index in [4.69, 9.17) is 9.47 Å². The Hall–Kier alpha value is -2.43. The second kappa shape index (κ2) is 9.08. The zero-order valence-electron chi connectivity index (χ0n) is 18.9. The largest absolute Gasteiger partial charge is 0.503 e. The second-order valence-corrected chi connectivity index (χ2v) is 9.47. The number of hydrogen-bond donors (Lipinski definition) is 2. The van der Waals surface area contributed by atoms with E-state index in [2.05, 4.69) is 10.2 Å².